The van der Waals surface area contributed by atoms with Crippen molar-refractivity contribution in [3.8, 4) is 0 Å². The molecule has 3 nitrogen and oxygen atoms in total. The van der Waals surface area contributed by atoms with E-state index in [9.17, 15) is 4.79 Å². The summed E-state index contributed by atoms with van der Waals surface area (Å²) in [5.74, 6) is -0.227. The van der Waals surface area contributed by atoms with Crippen LogP contribution in [0.4, 0.5) is 5.69 Å². The van der Waals surface area contributed by atoms with Gasteiger partial charge in [-0.2, -0.15) is 0 Å². The van der Waals surface area contributed by atoms with Crippen molar-refractivity contribution in [3.05, 3.63) is 64.2 Å². The van der Waals surface area contributed by atoms with Gasteiger partial charge in [0, 0.05) is 5.69 Å². The molecule has 3 heteroatoms. The highest BCUT2D eigenvalue weighted by molar-refractivity contribution is 5.70. The predicted octanol–water partition coefficient (Wildman–Crippen LogP) is 6.61. The first kappa shape index (κ1) is 24.7. The molecular formula is C26H39NO2. The molecule has 3 N–H and O–H groups in total. The lowest BCUT2D eigenvalue weighted by Crippen LogP contribution is -2.23. The molecule has 0 amide bonds. The van der Waals surface area contributed by atoms with Gasteiger partial charge in [0.25, 0.3) is 0 Å². The first-order valence-corrected chi connectivity index (χ1v) is 10.3. The molecule has 0 saturated carbocycles. The summed E-state index contributed by atoms with van der Waals surface area (Å²) in [4.78, 5) is 10.2. The molecule has 0 aliphatic carbocycles. The zero-order chi connectivity index (χ0) is 22.6. The summed E-state index contributed by atoms with van der Waals surface area (Å²) < 4.78 is 0. The minimum Gasteiger partial charge on any atom is -0.481 e. The molecule has 0 aliphatic rings. The number of aliphatic carboxylic acids is 1. The lowest BCUT2D eigenvalue weighted by molar-refractivity contribution is -0.136. The van der Waals surface area contributed by atoms with Gasteiger partial charge in [-0.25, -0.2) is 0 Å². The van der Waals surface area contributed by atoms with Gasteiger partial charge in [0.05, 0.1) is 6.42 Å². The highest BCUT2D eigenvalue weighted by Crippen LogP contribution is 2.37. The fourth-order valence-electron chi connectivity index (χ4n) is 3.40. The molecule has 0 fully saturated rings. The molecule has 0 atom stereocenters. The molecular weight excluding hydrogens is 358 g/mol. The summed E-state index contributed by atoms with van der Waals surface area (Å²) in [5, 5.41) is 8.40. The highest BCUT2D eigenvalue weighted by Gasteiger charge is 2.26. The Balaban J connectivity index is 0.000000326. The Morgan fingerprint density at radius 1 is 0.931 bits per heavy atom. The fourth-order valence-corrected chi connectivity index (χ4v) is 3.40. The minimum atomic E-state index is -0.824. The first-order valence-electron chi connectivity index (χ1n) is 10.3. The molecule has 2 aromatic carbocycles. The van der Waals surface area contributed by atoms with Gasteiger partial charge in [-0.05, 0) is 63.6 Å². The van der Waals surface area contributed by atoms with Crippen molar-refractivity contribution in [1.82, 2.24) is 0 Å². The standard InChI is InChI=1S/C18H30.C8H9NO2/c1-12(2)14-11-16(18(7,8)9)15(10-13(14)3)17(4,5)6;9-7-3-1-6(2-4-7)5-8(10)11/h10-12H,1-9H3;1-4H,5,9H2,(H,10,11). The largest absolute Gasteiger partial charge is 0.481 e. The number of nitrogen functional groups attached to an aromatic ring is 1. The van der Waals surface area contributed by atoms with E-state index in [2.05, 4.69) is 74.4 Å². The number of carbonyl (C=O) groups is 1. The Kier molecular flexibility index (Phi) is 8.08. The van der Waals surface area contributed by atoms with Gasteiger partial charge in [0.2, 0.25) is 0 Å². The van der Waals surface area contributed by atoms with Gasteiger partial charge in [0.1, 0.15) is 0 Å². The number of carboxylic acids is 1. The third-order valence-corrected chi connectivity index (χ3v) is 4.98. The quantitative estimate of drug-likeness (QED) is 0.573. The molecule has 160 valence electrons. The van der Waals surface area contributed by atoms with E-state index in [1.807, 2.05) is 0 Å². The van der Waals surface area contributed by atoms with E-state index in [0.29, 0.717) is 11.6 Å². The van der Waals surface area contributed by atoms with Gasteiger partial charge in [-0.3, -0.25) is 4.79 Å². The Hall–Kier alpha value is -2.29. The topological polar surface area (TPSA) is 63.3 Å². The van der Waals surface area contributed by atoms with Gasteiger partial charge in [-0.1, -0.05) is 79.7 Å². The third kappa shape index (κ3) is 7.56. The zero-order valence-electron chi connectivity index (χ0n) is 19.7. The maximum atomic E-state index is 10.2. The van der Waals surface area contributed by atoms with Crippen LogP contribution in [-0.4, -0.2) is 11.1 Å². The smallest absolute Gasteiger partial charge is 0.307 e. The molecule has 0 saturated heterocycles. The molecule has 0 aromatic heterocycles. The van der Waals surface area contributed by atoms with Crippen LogP contribution in [0.2, 0.25) is 0 Å². The second-order valence-corrected chi connectivity index (χ2v) is 10.2. The van der Waals surface area contributed by atoms with Crippen LogP contribution in [0.15, 0.2) is 36.4 Å². The maximum Gasteiger partial charge on any atom is 0.307 e. The van der Waals surface area contributed by atoms with Crippen molar-refractivity contribution in [2.45, 2.75) is 85.5 Å². The van der Waals surface area contributed by atoms with Crippen molar-refractivity contribution in [3.63, 3.8) is 0 Å². The molecule has 0 radical (unpaired) electrons. The van der Waals surface area contributed by atoms with Gasteiger partial charge in [0.15, 0.2) is 0 Å². The Labute approximate surface area is 177 Å². The van der Waals surface area contributed by atoms with Crippen LogP contribution in [0.1, 0.15) is 89.1 Å². The van der Waals surface area contributed by atoms with Gasteiger partial charge in [-0.15, -0.1) is 0 Å². The monoisotopic (exact) mass is 397 g/mol. The first-order chi connectivity index (χ1) is 13.1. The number of aryl methyl sites for hydroxylation is 1. The lowest BCUT2D eigenvalue weighted by Gasteiger charge is -2.32. The van der Waals surface area contributed by atoms with Crippen molar-refractivity contribution in [2.75, 3.05) is 5.73 Å². The number of nitrogens with two attached hydrogens (primary N) is 1. The van der Waals surface area contributed by atoms with Gasteiger partial charge < -0.3 is 10.8 Å². The van der Waals surface area contributed by atoms with E-state index in [-0.39, 0.29) is 17.3 Å². The summed E-state index contributed by atoms with van der Waals surface area (Å²) in [7, 11) is 0. The summed E-state index contributed by atoms with van der Waals surface area (Å²) >= 11 is 0. The highest BCUT2D eigenvalue weighted by atomic mass is 16.4. The van der Waals surface area contributed by atoms with E-state index in [0.717, 1.165) is 5.56 Å². The SMILES string of the molecule is Cc1cc(C(C)(C)C)c(C(C)(C)C)cc1C(C)C.Nc1ccc(CC(=O)O)cc1. The molecule has 0 unspecified atom stereocenters. The molecule has 0 bridgehead atoms. The fraction of sp³-hybridized carbons (Fsp3) is 0.500. The minimum absolute atomic E-state index is 0.0558. The van der Waals surface area contributed by atoms with E-state index in [4.69, 9.17) is 10.8 Å². The van der Waals surface area contributed by atoms with Gasteiger partial charge >= 0.3 is 5.97 Å². The van der Waals surface area contributed by atoms with Crippen molar-refractivity contribution in [1.29, 1.82) is 0 Å². The van der Waals surface area contributed by atoms with Crippen LogP contribution in [0, 0.1) is 6.92 Å². The third-order valence-electron chi connectivity index (χ3n) is 4.98. The van der Waals surface area contributed by atoms with E-state index in [1.54, 1.807) is 24.3 Å². The molecule has 0 spiro atoms. The number of hydrogen-bond donors (Lipinski definition) is 2. The van der Waals surface area contributed by atoms with Crippen LogP contribution in [-0.2, 0) is 22.0 Å². The van der Waals surface area contributed by atoms with Crippen molar-refractivity contribution < 1.29 is 9.90 Å². The average molecular weight is 398 g/mol. The van der Waals surface area contributed by atoms with E-state index < -0.39 is 5.97 Å². The Bertz CT molecular complexity index is 820. The summed E-state index contributed by atoms with van der Waals surface area (Å²) in [6.45, 7) is 20.7. The van der Waals surface area contributed by atoms with Crippen molar-refractivity contribution in [2.24, 2.45) is 0 Å². The number of carboxylic acid groups (broad SMARTS) is 1. The maximum absolute atomic E-state index is 10.2. The zero-order valence-corrected chi connectivity index (χ0v) is 19.7. The lowest BCUT2D eigenvalue weighted by atomic mass is 9.73. The Morgan fingerprint density at radius 2 is 1.38 bits per heavy atom. The molecule has 0 aliphatic heterocycles. The van der Waals surface area contributed by atoms with E-state index in [1.165, 1.54) is 22.3 Å². The van der Waals surface area contributed by atoms with Crippen LogP contribution < -0.4 is 5.73 Å². The van der Waals surface area contributed by atoms with Crippen molar-refractivity contribution >= 4 is 11.7 Å². The van der Waals surface area contributed by atoms with Crippen LogP contribution in [0.3, 0.4) is 0 Å². The summed E-state index contributed by atoms with van der Waals surface area (Å²) in [6, 6.07) is 11.7. The number of anilines is 1. The number of benzene rings is 2. The molecule has 2 rings (SSSR count). The predicted molar refractivity (Wildman–Crippen MR) is 125 cm³/mol. The second kappa shape index (κ2) is 9.47. The second-order valence-electron chi connectivity index (χ2n) is 10.2. The Morgan fingerprint density at radius 3 is 1.76 bits per heavy atom. The van der Waals surface area contributed by atoms with E-state index >= 15 is 0 Å². The number of rotatable bonds is 3. The molecule has 0 heterocycles. The summed E-state index contributed by atoms with van der Waals surface area (Å²) in [5.41, 5.74) is 13.2. The molecule has 29 heavy (non-hydrogen) atoms. The van der Waals surface area contributed by atoms with Crippen LogP contribution in [0.5, 0.6) is 0 Å². The number of hydrogen-bond acceptors (Lipinski definition) is 2. The summed E-state index contributed by atoms with van der Waals surface area (Å²) in [6.07, 6.45) is 0.0558. The van der Waals surface area contributed by atoms with Crippen LogP contribution in [0.25, 0.3) is 0 Å². The molecule has 2 aromatic rings. The average Bonchev–Trinajstić information content (AvgIpc) is 2.54. The van der Waals surface area contributed by atoms with Crippen LogP contribution >= 0.6 is 0 Å². The normalized spacial score (nSPS) is 11.8.